The van der Waals surface area contributed by atoms with Crippen molar-refractivity contribution in [1.29, 1.82) is 0 Å². The molecule has 0 radical (unpaired) electrons. The molecule has 0 bridgehead atoms. The van der Waals surface area contributed by atoms with Crippen molar-refractivity contribution >= 4 is 0 Å². The van der Waals surface area contributed by atoms with Crippen molar-refractivity contribution in [2.45, 2.75) is 52.5 Å². The molecule has 0 aliphatic rings. The third kappa shape index (κ3) is 6.43. The van der Waals surface area contributed by atoms with Crippen LogP contribution < -0.4 is 5.32 Å². The molecule has 0 saturated heterocycles. The normalized spacial score (nSPS) is 13.2. The lowest BCUT2D eigenvalue weighted by atomic mass is 10.1. The molecule has 20 heavy (non-hydrogen) atoms. The van der Waals surface area contributed by atoms with E-state index in [-0.39, 0.29) is 12.1 Å². The van der Waals surface area contributed by atoms with E-state index in [9.17, 15) is 13.2 Å². The largest absolute Gasteiger partial charge is 0.468 e. The lowest BCUT2D eigenvalue weighted by molar-refractivity contribution is -0.146. The number of nitrogens with zero attached hydrogens (tertiary/aromatic N) is 1. The fraction of sp³-hybridized carbons (Fsp3) is 0.714. The predicted molar refractivity (Wildman–Crippen MR) is 72.3 cm³/mol. The van der Waals surface area contributed by atoms with Gasteiger partial charge in [0.2, 0.25) is 0 Å². The summed E-state index contributed by atoms with van der Waals surface area (Å²) in [6.07, 6.45) is -2.65. The van der Waals surface area contributed by atoms with Crippen LogP contribution in [0.4, 0.5) is 13.2 Å². The van der Waals surface area contributed by atoms with Gasteiger partial charge in [-0.25, -0.2) is 0 Å². The zero-order valence-corrected chi connectivity index (χ0v) is 12.5. The Morgan fingerprint density at radius 2 is 1.90 bits per heavy atom. The van der Waals surface area contributed by atoms with Crippen LogP contribution in [0.2, 0.25) is 0 Å². The minimum atomic E-state index is -4.18. The maximum absolute atomic E-state index is 12.4. The maximum atomic E-state index is 12.4. The highest BCUT2D eigenvalue weighted by atomic mass is 19.4. The van der Waals surface area contributed by atoms with Crippen molar-refractivity contribution in [3.8, 4) is 0 Å². The molecule has 0 spiro atoms. The number of hydrogen-bond acceptors (Lipinski definition) is 3. The smallest absolute Gasteiger partial charge is 0.401 e. The van der Waals surface area contributed by atoms with E-state index in [4.69, 9.17) is 4.42 Å². The van der Waals surface area contributed by atoms with Crippen LogP contribution in [0.25, 0.3) is 0 Å². The van der Waals surface area contributed by atoms with Crippen LogP contribution in [0.15, 0.2) is 16.7 Å². The molecule has 1 aromatic rings. The molecule has 1 aromatic heterocycles. The van der Waals surface area contributed by atoms with Gasteiger partial charge in [0.15, 0.2) is 0 Å². The fourth-order valence-electron chi connectivity index (χ4n) is 1.78. The summed E-state index contributed by atoms with van der Waals surface area (Å²) in [7, 11) is 0. The molecule has 1 heterocycles. The second-order valence-corrected chi connectivity index (χ2v) is 5.89. The number of nitrogens with one attached hydrogen (secondary N) is 1. The van der Waals surface area contributed by atoms with Crippen LogP contribution in [0, 0.1) is 0 Å². The van der Waals surface area contributed by atoms with E-state index in [0.717, 1.165) is 5.56 Å². The molecule has 1 rings (SSSR count). The summed E-state index contributed by atoms with van der Waals surface area (Å²) in [6, 6.07) is 1.73. The number of hydrogen-bond donors (Lipinski definition) is 1. The molecule has 0 aromatic carbocycles. The molecule has 1 N–H and O–H groups in total. The summed E-state index contributed by atoms with van der Waals surface area (Å²) in [4.78, 5) is 1.35. The first-order valence-corrected chi connectivity index (χ1v) is 6.70. The molecule has 0 unspecified atom stereocenters. The van der Waals surface area contributed by atoms with Crippen molar-refractivity contribution in [2.24, 2.45) is 0 Å². The van der Waals surface area contributed by atoms with Crippen LogP contribution in [0.5, 0.6) is 0 Å². The Bertz CT molecular complexity index is 407. The summed E-state index contributed by atoms with van der Waals surface area (Å²) in [5.74, 6) is 0.695. The van der Waals surface area contributed by atoms with E-state index < -0.39 is 12.7 Å². The quantitative estimate of drug-likeness (QED) is 0.869. The first-order chi connectivity index (χ1) is 9.11. The van der Waals surface area contributed by atoms with Crippen LogP contribution in [0.1, 0.15) is 39.0 Å². The van der Waals surface area contributed by atoms with Crippen LogP contribution in [-0.4, -0.2) is 29.7 Å². The minimum Gasteiger partial charge on any atom is -0.468 e. The van der Waals surface area contributed by atoms with E-state index in [1.165, 1.54) is 11.2 Å². The molecule has 0 aliphatic heterocycles. The molecular formula is C14H23F3N2O. The Kier molecular flexibility index (Phi) is 5.65. The Hall–Kier alpha value is -1.01. The van der Waals surface area contributed by atoms with Gasteiger partial charge in [0.1, 0.15) is 5.76 Å². The lowest BCUT2D eigenvalue weighted by Crippen LogP contribution is -2.36. The van der Waals surface area contributed by atoms with E-state index in [1.54, 1.807) is 13.0 Å². The Labute approximate surface area is 118 Å². The first-order valence-electron chi connectivity index (χ1n) is 6.70. The van der Waals surface area contributed by atoms with Crippen molar-refractivity contribution in [3.05, 3.63) is 23.7 Å². The zero-order valence-electron chi connectivity index (χ0n) is 12.5. The number of halogens is 3. The Morgan fingerprint density at radius 1 is 1.25 bits per heavy atom. The van der Waals surface area contributed by atoms with Gasteiger partial charge in [-0.3, -0.25) is 4.90 Å². The van der Waals surface area contributed by atoms with Gasteiger partial charge in [0.25, 0.3) is 0 Å². The molecule has 0 atom stereocenters. The SMILES string of the molecule is CCN(Cc1ccoc1CNC(C)(C)C)CC(F)(F)F. The van der Waals surface area contributed by atoms with Crippen molar-refractivity contribution in [1.82, 2.24) is 10.2 Å². The summed E-state index contributed by atoms with van der Waals surface area (Å²) in [5.41, 5.74) is 0.730. The van der Waals surface area contributed by atoms with Crippen molar-refractivity contribution < 1.29 is 17.6 Å². The average molecular weight is 292 g/mol. The van der Waals surface area contributed by atoms with Gasteiger partial charge in [0.05, 0.1) is 19.4 Å². The van der Waals surface area contributed by atoms with E-state index >= 15 is 0 Å². The third-order valence-electron chi connectivity index (χ3n) is 2.86. The van der Waals surface area contributed by atoms with E-state index in [1.807, 2.05) is 20.8 Å². The van der Waals surface area contributed by atoms with Crippen molar-refractivity contribution in [2.75, 3.05) is 13.1 Å². The molecular weight excluding hydrogens is 269 g/mol. The number of furan rings is 1. The number of alkyl halides is 3. The zero-order chi connectivity index (χ0) is 15.4. The Morgan fingerprint density at radius 3 is 2.40 bits per heavy atom. The molecule has 3 nitrogen and oxygen atoms in total. The van der Waals surface area contributed by atoms with E-state index in [0.29, 0.717) is 18.8 Å². The van der Waals surface area contributed by atoms with Gasteiger partial charge in [-0.2, -0.15) is 13.2 Å². The maximum Gasteiger partial charge on any atom is 0.401 e. The van der Waals surface area contributed by atoms with Crippen LogP contribution in [-0.2, 0) is 13.1 Å². The Balaban J connectivity index is 2.65. The third-order valence-corrected chi connectivity index (χ3v) is 2.86. The minimum absolute atomic E-state index is 0.0690. The highest BCUT2D eigenvalue weighted by Crippen LogP contribution is 2.20. The van der Waals surface area contributed by atoms with Gasteiger partial charge in [0, 0.05) is 17.6 Å². The summed E-state index contributed by atoms with van der Waals surface area (Å²) in [5, 5.41) is 3.27. The molecule has 0 fully saturated rings. The molecule has 0 aliphatic carbocycles. The number of rotatable bonds is 6. The molecule has 0 amide bonds. The van der Waals surface area contributed by atoms with Gasteiger partial charge in [-0.05, 0) is 33.4 Å². The monoisotopic (exact) mass is 292 g/mol. The highest BCUT2D eigenvalue weighted by molar-refractivity contribution is 5.17. The molecule has 6 heteroatoms. The predicted octanol–water partition coefficient (Wildman–Crippen LogP) is 3.55. The van der Waals surface area contributed by atoms with Crippen molar-refractivity contribution in [3.63, 3.8) is 0 Å². The highest BCUT2D eigenvalue weighted by Gasteiger charge is 2.30. The lowest BCUT2D eigenvalue weighted by Gasteiger charge is -2.23. The van der Waals surface area contributed by atoms with Gasteiger partial charge in [-0.15, -0.1) is 0 Å². The van der Waals surface area contributed by atoms with Crippen LogP contribution in [0.3, 0.4) is 0 Å². The van der Waals surface area contributed by atoms with E-state index in [2.05, 4.69) is 5.32 Å². The molecule has 0 saturated carbocycles. The second-order valence-electron chi connectivity index (χ2n) is 5.89. The summed E-state index contributed by atoms with van der Waals surface area (Å²) >= 11 is 0. The van der Waals surface area contributed by atoms with Gasteiger partial charge >= 0.3 is 6.18 Å². The summed E-state index contributed by atoms with van der Waals surface area (Å²) in [6.45, 7) is 7.99. The topological polar surface area (TPSA) is 28.4 Å². The molecule has 116 valence electrons. The average Bonchev–Trinajstić information content (AvgIpc) is 2.70. The standard InChI is InChI=1S/C14H23F3N2O/c1-5-19(10-14(15,16)17)9-11-6-7-20-12(11)8-18-13(2,3)4/h6-7,18H,5,8-10H2,1-4H3. The summed E-state index contributed by atoms with van der Waals surface area (Å²) < 4.78 is 42.7. The van der Waals surface area contributed by atoms with Crippen LogP contribution >= 0.6 is 0 Å². The second kappa shape index (κ2) is 6.63. The fourth-order valence-corrected chi connectivity index (χ4v) is 1.78. The first kappa shape index (κ1) is 17.0. The van der Waals surface area contributed by atoms with Gasteiger partial charge < -0.3 is 9.73 Å². The van der Waals surface area contributed by atoms with Gasteiger partial charge in [-0.1, -0.05) is 6.92 Å².